The Balaban J connectivity index is 1.65. The van der Waals surface area contributed by atoms with Gasteiger partial charge in [-0.15, -0.1) is 0 Å². The lowest BCUT2D eigenvalue weighted by atomic mass is 10.2. The first kappa shape index (κ1) is 25.0. The summed E-state index contributed by atoms with van der Waals surface area (Å²) in [4.78, 5) is 15.0. The number of aliphatic carboxylic acids is 1. The number of halogens is 3. The number of hydrogen-bond acceptors (Lipinski definition) is 7. The standard InChI is InChI=1S/C26H20F3N3O6/c27-26(28,29)20-10-8-17-22(37-16-6-4-15(33)5-7-16)21(14-2-3-14)32(24(17)31-20)12-13-1-9-18(34)19(11-13)38-23(30)25(35)36/h1-2,4-11,23,33-34H,3,12,30H2,(H,35,36)/t23-/m0/s1. The molecule has 4 aromatic rings. The van der Waals surface area contributed by atoms with Crippen LogP contribution in [-0.2, 0) is 17.5 Å². The van der Waals surface area contributed by atoms with Crippen LogP contribution in [0.2, 0.25) is 0 Å². The lowest BCUT2D eigenvalue weighted by Gasteiger charge is -2.15. The second-order valence-corrected chi connectivity index (χ2v) is 8.54. The molecule has 0 unspecified atom stereocenters. The normalized spacial score (nSPS) is 13.7. The zero-order valence-corrected chi connectivity index (χ0v) is 19.4. The maximum atomic E-state index is 13.6. The molecule has 0 amide bonds. The van der Waals surface area contributed by atoms with Crippen LogP contribution in [0.5, 0.6) is 28.7 Å². The zero-order chi connectivity index (χ0) is 27.2. The summed E-state index contributed by atoms with van der Waals surface area (Å²) in [5.41, 5.74) is 6.14. The van der Waals surface area contributed by atoms with E-state index < -0.39 is 24.1 Å². The monoisotopic (exact) mass is 527 g/mol. The summed E-state index contributed by atoms with van der Waals surface area (Å²) in [6.07, 6.45) is -3.95. The Kier molecular flexibility index (Phi) is 6.11. The van der Waals surface area contributed by atoms with Crippen LogP contribution in [0.15, 0.2) is 60.7 Å². The third-order valence-corrected chi connectivity index (χ3v) is 5.78. The molecule has 5 N–H and O–H groups in total. The number of nitrogens with two attached hydrogens (primary N) is 1. The fourth-order valence-corrected chi connectivity index (χ4v) is 3.92. The number of carboxylic acids is 1. The van der Waals surface area contributed by atoms with Gasteiger partial charge in [0.15, 0.2) is 17.2 Å². The van der Waals surface area contributed by atoms with E-state index in [-0.39, 0.29) is 29.4 Å². The number of carbonyl (C=O) groups is 1. The molecular weight excluding hydrogens is 507 g/mol. The average molecular weight is 527 g/mol. The lowest BCUT2D eigenvalue weighted by molar-refractivity contribution is -0.145. The maximum absolute atomic E-state index is 13.6. The summed E-state index contributed by atoms with van der Waals surface area (Å²) in [5, 5.41) is 29.1. The molecule has 196 valence electrons. The molecule has 0 bridgehead atoms. The highest BCUT2D eigenvalue weighted by Gasteiger charge is 2.35. The van der Waals surface area contributed by atoms with Crippen molar-refractivity contribution in [2.45, 2.75) is 25.4 Å². The number of carboxylic acid groups (broad SMARTS) is 1. The fraction of sp³-hybridized carbons (Fsp3) is 0.154. The fourth-order valence-electron chi connectivity index (χ4n) is 3.92. The molecule has 1 atom stereocenters. The lowest BCUT2D eigenvalue weighted by Crippen LogP contribution is -2.35. The number of rotatable bonds is 8. The van der Waals surface area contributed by atoms with Gasteiger partial charge >= 0.3 is 12.1 Å². The van der Waals surface area contributed by atoms with Crippen molar-refractivity contribution < 1.29 is 42.8 Å². The van der Waals surface area contributed by atoms with E-state index >= 15 is 0 Å². The number of aromatic hydroxyl groups is 2. The number of pyridine rings is 1. The Morgan fingerprint density at radius 3 is 2.45 bits per heavy atom. The van der Waals surface area contributed by atoms with Gasteiger partial charge in [0.25, 0.3) is 0 Å². The molecule has 38 heavy (non-hydrogen) atoms. The van der Waals surface area contributed by atoms with E-state index in [4.69, 9.17) is 20.3 Å². The quantitative estimate of drug-likeness (QED) is 0.239. The average Bonchev–Trinajstić information content (AvgIpc) is 3.66. The summed E-state index contributed by atoms with van der Waals surface area (Å²) in [7, 11) is 0. The number of ether oxygens (including phenoxy) is 2. The van der Waals surface area contributed by atoms with E-state index in [2.05, 4.69) is 4.98 Å². The van der Waals surface area contributed by atoms with Gasteiger partial charge in [0.05, 0.1) is 11.1 Å². The second-order valence-electron chi connectivity index (χ2n) is 8.54. The molecule has 1 aliphatic rings. The molecule has 2 heterocycles. The molecule has 2 aromatic heterocycles. The van der Waals surface area contributed by atoms with Crippen molar-refractivity contribution in [3.8, 4) is 28.7 Å². The van der Waals surface area contributed by atoms with Crippen molar-refractivity contribution in [3.63, 3.8) is 0 Å². The van der Waals surface area contributed by atoms with Crippen LogP contribution < -0.4 is 15.2 Å². The van der Waals surface area contributed by atoms with Gasteiger partial charge in [0.2, 0.25) is 6.23 Å². The number of hydrogen-bond donors (Lipinski definition) is 4. The van der Waals surface area contributed by atoms with Crippen LogP contribution in [0.1, 0.15) is 23.4 Å². The van der Waals surface area contributed by atoms with Crippen molar-refractivity contribution >= 4 is 22.6 Å². The van der Waals surface area contributed by atoms with Crippen LogP contribution in [-0.4, -0.2) is 37.1 Å². The number of alkyl halides is 3. The number of fused-ring (bicyclic) bond motifs is 1. The summed E-state index contributed by atoms with van der Waals surface area (Å²) < 4.78 is 53.5. The Morgan fingerprint density at radius 2 is 1.82 bits per heavy atom. The predicted octanol–water partition coefficient (Wildman–Crippen LogP) is 4.84. The van der Waals surface area contributed by atoms with Crippen LogP contribution in [0.4, 0.5) is 13.2 Å². The Morgan fingerprint density at radius 1 is 1.11 bits per heavy atom. The number of phenols is 2. The molecule has 2 aromatic carbocycles. The molecule has 0 spiro atoms. The van der Waals surface area contributed by atoms with Crippen molar-refractivity contribution in [2.75, 3.05) is 0 Å². The van der Waals surface area contributed by atoms with Crippen molar-refractivity contribution in [3.05, 3.63) is 77.6 Å². The second kappa shape index (κ2) is 9.30. The van der Waals surface area contributed by atoms with Gasteiger partial charge in [-0.1, -0.05) is 12.1 Å². The Labute approximate surface area is 212 Å². The van der Waals surface area contributed by atoms with E-state index in [9.17, 15) is 28.2 Å². The highest BCUT2D eigenvalue weighted by atomic mass is 19.4. The molecule has 1 aliphatic carbocycles. The van der Waals surface area contributed by atoms with Crippen molar-refractivity contribution in [2.24, 2.45) is 5.73 Å². The maximum Gasteiger partial charge on any atom is 0.433 e. The summed E-state index contributed by atoms with van der Waals surface area (Å²) >= 11 is 0. The molecule has 5 rings (SSSR count). The van der Waals surface area contributed by atoms with Gasteiger partial charge in [-0.3, -0.25) is 5.73 Å². The highest BCUT2D eigenvalue weighted by molar-refractivity contribution is 5.94. The predicted molar refractivity (Wildman–Crippen MR) is 129 cm³/mol. The van der Waals surface area contributed by atoms with E-state index in [1.54, 1.807) is 4.57 Å². The van der Waals surface area contributed by atoms with Gasteiger partial charge in [0, 0.05) is 6.54 Å². The molecule has 9 nitrogen and oxygen atoms in total. The SMILES string of the molecule is N[C@@H](Oc1cc(Cn2c(C3=CC3)c(Oc3ccc(O)cc3)c3ccc(C(F)(F)F)nc32)ccc1O)C(=O)O. The molecule has 0 aliphatic heterocycles. The van der Waals surface area contributed by atoms with Crippen molar-refractivity contribution in [1.29, 1.82) is 0 Å². The largest absolute Gasteiger partial charge is 0.508 e. The summed E-state index contributed by atoms with van der Waals surface area (Å²) in [5.74, 6) is -1.35. The van der Waals surface area contributed by atoms with Crippen molar-refractivity contribution in [1.82, 2.24) is 9.55 Å². The number of aromatic nitrogens is 2. The minimum Gasteiger partial charge on any atom is -0.508 e. The smallest absolute Gasteiger partial charge is 0.433 e. The third-order valence-electron chi connectivity index (χ3n) is 5.78. The number of phenolic OH excluding ortho intramolecular Hbond substituents is 2. The van der Waals surface area contributed by atoms with Gasteiger partial charge in [0.1, 0.15) is 22.8 Å². The Hall–Kier alpha value is -4.71. The van der Waals surface area contributed by atoms with Crippen LogP contribution in [0.25, 0.3) is 16.6 Å². The molecule has 12 heteroatoms. The van der Waals surface area contributed by atoms with Crippen LogP contribution >= 0.6 is 0 Å². The minimum atomic E-state index is -4.69. The van der Waals surface area contributed by atoms with E-state index in [0.717, 1.165) is 11.6 Å². The topological polar surface area (TPSA) is 140 Å². The zero-order valence-electron chi connectivity index (χ0n) is 19.4. The molecule has 0 fully saturated rings. The number of nitrogens with zero attached hydrogens (tertiary/aromatic N) is 2. The van der Waals surface area contributed by atoms with E-state index in [1.165, 1.54) is 48.5 Å². The highest BCUT2D eigenvalue weighted by Crippen LogP contribution is 2.46. The van der Waals surface area contributed by atoms with Crippen LogP contribution in [0.3, 0.4) is 0 Å². The first-order valence-corrected chi connectivity index (χ1v) is 11.2. The molecule has 0 saturated heterocycles. The molecular formula is C26H20F3N3O6. The van der Waals surface area contributed by atoms with E-state index in [0.29, 0.717) is 34.6 Å². The summed E-state index contributed by atoms with van der Waals surface area (Å²) in [6, 6.07) is 12.2. The summed E-state index contributed by atoms with van der Waals surface area (Å²) in [6.45, 7) is -0.0185. The van der Waals surface area contributed by atoms with Gasteiger partial charge in [-0.05, 0) is 66.1 Å². The van der Waals surface area contributed by atoms with E-state index in [1.807, 2.05) is 6.08 Å². The first-order valence-electron chi connectivity index (χ1n) is 11.2. The molecule has 0 radical (unpaired) electrons. The number of benzene rings is 2. The first-order chi connectivity index (χ1) is 18.0. The number of allylic oxidation sites excluding steroid dienone is 2. The van der Waals surface area contributed by atoms with Gasteiger partial charge in [-0.2, -0.15) is 13.2 Å². The van der Waals surface area contributed by atoms with Gasteiger partial charge < -0.3 is 29.4 Å². The Bertz CT molecular complexity index is 1580. The van der Waals surface area contributed by atoms with Gasteiger partial charge in [-0.25, -0.2) is 9.78 Å². The third kappa shape index (κ3) is 4.93. The van der Waals surface area contributed by atoms with Crippen LogP contribution in [0, 0.1) is 0 Å². The molecule has 0 saturated carbocycles. The minimum absolute atomic E-state index is 0.00850.